The van der Waals surface area contributed by atoms with Gasteiger partial charge in [0.05, 0.1) is 19.0 Å². The number of rotatable bonds is 6. The predicted octanol–water partition coefficient (Wildman–Crippen LogP) is 3.64. The number of hydrazone groups is 1. The van der Waals surface area contributed by atoms with E-state index >= 15 is 0 Å². The van der Waals surface area contributed by atoms with Crippen LogP contribution in [0.5, 0.6) is 5.75 Å². The van der Waals surface area contributed by atoms with E-state index in [0.29, 0.717) is 22.7 Å². The Balaban J connectivity index is 1.50. The van der Waals surface area contributed by atoms with Gasteiger partial charge in [0.1, 0.15) is 11.4 Å². The molecule has 2 amide bonds. The Morgan fingerprint density at radius 3 is 2.39 bits per heavy atom. The summed E-state index contributed by atoms with van der Waals surface area (Å²) in [5.74, 6) is -1.18. The van der Waals surface area contributed by atoms with E-state index in [1.54, 1.807) is 28.9 Å². The van der Waals surface area contributed by atoms with Gasteiger partial charge in [-0.3, -0.25) is 9.59 Å². The molecule has 0 saturated heterocycles. The Labute approximate surface area is 190 Å². The monoisotopic (exact) mass is 439 g/mol. The van der Waals surface area contributed by atoms with E-state index < -0.39 is 11.8 Å². The largest absolute Gasteiger partial charge is 0.497 e. The predicted molar refractivity (Wildman–Crippen MR) is 126 cm³/mol. The first kappa shape index (κ1) is 21.5. The fraction of sp³-hybridized carbons (Fsp3) is 0.0400. The fourth-order valence-electron chi connectivity index (χ4n) is 3.12. The molecule has 1 aromatic heterocycles. The molecule has 0 unspecified atom stereocenters. The lowest BCUT2D eigenvalue weighted by Gasteiger charge is -2.05. The molecule has 0 spiro atoms. The minimum absolute atomic E-state index is 0.439. The van der Waals surface area contributed by atoms with E-state index in [9.17, 15) is 9.59 Å². The van der Waals surface area contributed by atoms with Crippen LogP contribution in [0, 0.1) is 0 Å². The van der Waals surface area contributed by atoms with Crippen molar-refractivity contribution in [3.8, 4) is 22.7 Å². The van der Waals surface area contributed by atoms with E-state index in [-0.39, 0.29) is 0 Å². The molecule has 0 aliphatic carbocycles. The van der Waals surface area contributed by atoms with Crippen LogP contribution in [-0.2, 0) is 9.59 Å². The van der Waals surface area contributed by atoms with Crippen LogP contribution in [0.15, 0.2) is 96.2 Å². The molecule has 33 heavy (non-hydrogen) atoms. The molecular weight excluding hydrogens is 418 g/mol. The molecule has 0 radical (unpaired) electrons. The third-order valence-electron chi connectivity index (χ3n) is 4.71. The summed E-state index contributed by atoms with van der Waals surface area (Å²) in [5.41, 5.74) is 5.85. The highest BCUT2D eigenvalue weighted by Gasteiger charge is 2.14. The second-order valence-electron chi connectivity index (χ2n) is 6.96. The minimum atomic E-state index is -0.897. The number of hydrogen-bond donors (Lipinski definition) is 2. The summed E-state index contributed by atoms with van der Waals surface area (Å²) in [4.78, 5) is 24.4. The molecule has 164 valence electrons. The fourth-order valence-corrected chi connectivity index (χ4v) is 3.12. The first-order valence-electron chi connectivity index (χ1n) is 10.1. The van der Waals surface area contributed by atoms with Gasteiger partial charge in [0, 0.05) is 29.1 Å². The molecule has 0 atom stereocenters. The maximum Gasteiger partial charge on any atom is 0.329 e. The summed E-state index contributed by atoms with van der Waals surface area (Å²) >= 11 is 0. The Kier molecular flexibility index (Phi) is 6.56. The summed E-state index contributed by atoms with van der Waals surface area (Å²) in [6.45, 7) is 0. The molecule has 0 saturated carbocycles. The first-order valence-corrected chi connectivity index (χ1v) is 10.1. The van der Waals surface area contributed by atoms with Crippen LogP contribution >= 0.6 is 0 Å². The van der Waals surface area contributed by atoms with Crippen molar-refractivity contribution in [2.75, 3.05) is 12.4 Å². The maximum atomic E-state index is 12.2. The van der Waals surface area contributed by atoms with Gasteiger partial charge in [-0.15, -0.1) is 0 Å². The molecule has 3 aromatic carbocycles. The van der Waals surface area contributed by atoms with Gasteiger partial charge in [0.15, 0.2) is 0 Å². The number of ether oxygens (including phenoxy) is 1. The second kappa shape index (κ2) is 10.1. The van der Waals surface area contributed by atoms with E-state index in [1.807, 2.05) is 66.9 Å². The van der Waals surface area contributed by atoms with Crippen molar-refractivity contribution in [3.05, 3.63) is 96.7 Å². The highest BCUT2D eigenvalue weighted by Crippen LogP contribution is 2.22. The number of benzene rings is 3. The normalized spacial score (nSPS) is 10.7. The molecule has 0 aliphatic rings. The van der Waals surface area contributed by atoms with Crippen molar-refractivity contribution >= 4 is 23.7 Å². The molecule has 2 N–H and O–H groups in total. The zero-order valence-corrected chi connectivity index (χ0v) is 17.8. The number of methoxy groups -OCH3 is 1. The van der Waals surface area contributed by atoms with Crippen LogP contribution in [0.2, 0.25) is 0 Å². The Hall–Kier alpha value is -4.72. The zero-order chi connectivity index (χ0) is 23.0. The third-order valence-corrected chi connectivity index (χ3v) is 4.71. The number of aromatic nitrogens is 2. The van der Waals surface area contributed by atoms with Crippen molar-refractivity contribution in [2.45, 2.75) is 0 Å². The number of hydrogen-bond acceptors (Lipinski definition) is 5. The number of amides is 2. The standard InChI is InChI=1S/C25H21N5O3/c1-33-22-14-8-11-20(15-22)27-24(31)25(32)28-26-16-19-17-30(21-12-6-3-7-13-21)29-23(19)18-9-4-2-5-10-18/h2-17H,1H3,(H,27,31)(H,28,32)/b26-16+. The van der Waals surface area contributed by atoms with E-state index in [4.69, 9.17) is 4.74 Å². The van der Waals surface area contributed by atoms with Gasteiger partial charge in [-0.2, -0.15) is 10.2 Å². The summed E-state index contributed by atoms with van der Waals surface area (Å²) in [5, 5.41) is 11.2. The summed E-state index contributed by atoms with van der Waals surface area (Å²) in [6.07, 6.45) is 3.27. The number of anilines is 1. The van der Waals surface area contributed by atoms with Crippen molar-refractivity contribution in [2.24, 2.45) is 5.10 Å². The quantitative estimate of drug-likeness (QED) is 0.272. The van der Waals surface area contributed by atoms with Crippen LogP contribution in [0.1, 0.15) is 5.56 Å². The lowest BCUT2D eigenvalue weighted by molar-refractivity contribution is -0.136. The average molecular weight is 439 g/mol. The molecule has 0 bridgehead atoms. The van der Waals surface area contributed by atoms with Crippen LogP contribution < -0.4 is 15.5 Å². The van der Waals surface area contributed by atoms with Gasteiger partial charge in [-0.25, -0.2) is 10.1 Å². The molecule has 8 nitrogen and oxygen atoms in total. The van der Waals surface area contributed by atoms with Crippen molar-refractivity contribution in [1.29, 1.82) is 0 Å². The van der Waals surface area contributed by atoms with Crippen LogP contribution in [0.3, 0.4) is 0 Å². The average Bonchev–Trinajstić information content (AvgIpc) is 3.29. The molecule has 4 aromatic rings. The van der Waals surface area contributed by atoms with Crippen LogP contribution in [-0.4, -0.2) is 34.9 Å². The number of para-hydroxylation sites is 1. The highest BCUT2D eigenvalue weighted by molar-refractivity contribution is 6.39. The van der Waals surface area contributed by atoms with Gasteiger partial charge in [0.25, 0.3) is 0 Å². The lowest BCUT2D eigenvalue weighted by Crippen LogP contribution is -2.32. The minimum Gasteiger partial charge on any atom is -0.497 e. The van der Waals surface area contributed by atoms with Crippen LogP contribution in [0.4, 0.5) is 5.69 Å². The molecular formula is C25H21N5O3. The van der Waals surface area contributed by atoms with Gasteiger partial charge in [0.2, 0.25) is 0 Å². The summed E-state index contributed by atoms with van der Waals surface area (Å²) < 4.78 is 6.85. The zero-order valence-electron chi connectivity index (χ0n) is 17.8. The van der Waals surface area contributed by atoms with Gasteiger partial charge in [-0.05, 0) is 24.3 Å². The molecule has 8 heteroatoms. The summed E-state index contributed by atoms with van der Waals surface area (Å²) in [6, 6.07) is 26.0. The molecule has 0 aliphatic heterocycles. The number of nitrogens with zero attached hydrogens (tertiary/aromatic N) is 3. The van der Waals surface area contributed by atoms with E-state index in [2.05, 4.69) is 20.9 Å². The molecule has 4 rings (SSSR count). The van der Waals surface area contributed by atoms with Crippen LogP contribution in [0.25, 0.3) is 16.9 Å². The second-order valence-corrected chi connectivity index (χ2v) is 6.96. The van der Waals surface area contributed by atoms with Gasteiger partial charge in [-0.1, -0.05) is 54.6 Å². The summed E-state index contributed by atoms with van der Waals surface area (Å²) in [7, 11) is 1.52. The van der Waals surface area contributed by atoms with Crippen molar-refractivity contribution in [1.82, 2.24) is 15.2 Å². The Morgan fingerprint density at radius 1 is 0.939 bits per heavy atom. The van der Waals surface area contributed by atoms with Crippen molar-refractivity contribution in [3.63, 3.8) is 0 Å². The van der Waals surface area contributed by atoms with Gasteiger partial charge >= 0.3 is 11.8 Å². The first-order chi connectivity index (χ1) is 16.1. The number of carbonyl (C=O) groups is 2. The number of nitrogens with one attached hydrogen (secondary N) is 2. The molecule has 0 fully saturated rings. The lowest BCUT2D eigenvalue weighted by atomic mass is 10.1. The highest BCUT2D eigenvalue weighted by atomic mass is 16.5. The SMILES string of the molecule is COc1cccc(NC(=O)C(=O)N/N=C/c2cn(-c3ccccc3)nc2-c2ccccc2)c1. The topological polar surface area (TPSA) is 97.6 Å². The maximum absolute atomic E-state index is 12.2. The third kappa shape index (κ3) is 5.31. The number of carbonyl (C=O) groups excluding carboxylic acids is 2. The Morgan fingerprint density at radius 2 is 1.67 bits per heavy atom. The van der Waals surface area contributed by atoms with Gasteiger partial charge < -0.3 is 10.1 Å². The van der Waals surface area contributed by atoms with E-state index in [1.165, 1.54) is 13.3 Å². The Bertz CT molecular complexity index is 1280. The molecule has 1 heterocycles. The smallest absolute Gasteiger partial charge is 0.329 e. The van der Waals surface area contributed by atoms with E-state index in [0.717, 1.165) is 11.3 Å². The van der Waals surface area contributed by atoms with Crippen molar-refractivity contribution < 1.29 is 14.3 Å².